The number of ketones is 1. The predicted molar refractivity (Wildman–Crippen MR) is 125 cm³/mol. The Balaban J connectivity index is 2.23. The van der Waals surface area contributed by atoms with Gasteiger partial charge in [-0.1, -0.05) is 39.0 Å². The van der Waals surface area contributed by atoms with E-state index in [0.717, 1.165) is 5.56 Å². The first kappa shape index (κ1) is 24.3. The molecule has 0 aliphatic carbocycles. The lowest BCUT2D eigenvalue weighted by Crippen LogP contribution is -2.31. The smallest absolute Gasteiger partial charge is 0.295 e. The molecule has 176 valence electrons. The van der Waals surface area contributed by atoms with Crippen molar-refractivity contribution in [1.29, 1.82) is 0 Å². The number of nitrogens with zero attached hydrogens (tertiary/aromatic N) is 1. The molecular formula is C26H31NO6. The number of aliphatic hydroxyl groups excluding tert-OH is 1. The Morgan fingerprint density at radius 1 is 1.09 bits per heavy atom. The second-order valence-corrected chi connectivity index (χ2v) is 9.10. The van der Waals surface area contributed by atoms with E-state index in [2.05, 4.69) is 0 Å². The minimum absolute atomic E-state index is 0.00212. The summed E-state index contributed by atoms with van der Waals surface area (Å²) in [5.41, 5.74) is 1.56. The van der Waals surface area contributed by atoms with Crippen molar-refractivity contribution in [3.05, 3.63) is 64.7 Å². The highest BCUT2D eigenvalue weighted by Crippen LogP contribution is 2.42. The Labute approximate surface area is 194 Å². The number of methoxy groups -OCH3 is 2. The molecule has 0 saturated carbocycles. The van der Waals surface area contributed by atoms with Crippen molar-refractivity contribution in [2.24, 2.45) is 0 Å². The van der Waals surface area contributed by atoms with Crippen molar-refractivity contribution in [3.63, 3.8) is 0 Å². The van der Waals surface area contributed by atoms with E-state index in [1.54, 1.807) is 31.4 Å². The zero-order valence-corrected chi connectivity index (χ0v) is 19.7. The van der Waals surface area contributed by atoms with Gasteiger partial charge in [-0.15, -0.1) is 0 Å². The number of Topliss-reactive ketones (excluding diaryl/α,β-unsaturated/α-hetero) is 1. The summed E-state index contributed by atoms with van der Waals surface area (Å²) < 4.78 is 10.6. The van der Waals surface area contributed by atoms with Crippen molar-refractivity contribution in [3.8, 4) is 11.5 Å². The van der Waals surface area contributed by atoms with Crippen molar-refractivity contribution in [2.75, 3.05) is 27.4 Å². The molecule has 1 saturated heterocycles. The maximum atomic E-state index is 13.2. The fourth-order valence-electron chi connectivity index (χ4n) is 4.04. The number of aromatic hydroxyl groups is 1. The molecule has 1 fully saturated rings. The third-order valence-electron chi connectivity index (χ3n) is 5.79. The fraction of sp³-hybridized carbons (Fsp3) is 0.385. The van der Waals surface area contributed by atoms with Crippen LogP contribution in [-0.2, 0) is 19.7 Å². The fourth-order valence-corrected chi connectivity index (χ4v) is 4.04. The quantitative estimate of drug-likeness (QED) is 0.283. The lowest BCUT2D eigenvalue weighted by molar-refractivity contribution is -0.140. The van der Waals surface area contributed by atoms with E-state index in [4.69, 9.17) is 9.47 Å². The second-order valence-electron chi connectivity index (χ2n) is 9.10. The number of ether oxygens (including phenoxy) is 2. The minimum Gasteiger partial charge on any atom is -0.508 e. The lowest BCUT2D eigenvalue weighted by Gasteiger charge is -2.26. The minimum atomic E-state index is -0.850. The molecule has 1 atom stereocenters. The first-order valence-corrected chi connectivity index (χ1v) is 10.8. The zero-order valence-electron chi connectivity index (χ0n) is 19.7. The summed E-state index contributed by atoms with van der Waals surface area (Å²) in [6.07, 6.45) is 0.516. The Morgan fingerprint density at radius 3 is 2.42 bits per heavy atom. The van der Waals surface area contributed by atoms with Gasteiger partial charge in [0.25, 0.3) is 11.7 Å². The van der Waals surface area contributed by atoms with Crippen LogP contribution < -0.4 is 4.74 Å². The molecule has 1 aliphatic rings. The molecule has 1 aliphatic heterocycles. The molecule has 0 radical (unpaired) electrons. The van der Waals surface area contributed by atoms with Crippen LogP contribution >= 0.6 is 0 Å². The van der Waals surface area contributed by atoms with E-state index in [-0.39, 0.29) is 29.0 Å². The molecule has 2 aromatic rings. The van der Waals surface area contributed by atoms with Crippen LogP contribution in [0, 0.1) is 0 Å². The zero-order chi connectivity index (χ0) is 24.3. The first-order chi connectivity index (χ1) is 15.6. The molecule has 1 unspecified atom stereocenters. The molecule has 1 amide bonds. The number of likely N-dealkylation sites (tertiary alicyclic amines) is 1. The summed E-state index contributed by atoms with van der Waals surface area (Å²) in [7, 11) is 3.05. The van der Waals surface area contributed by atoms with E-state index < -0.39 is 17.7 Å². The van der Waals surface area contributed by atoms with Crippen LogP contribution in [0.25, 0.3) is 5.76 Å². The summed E-state index contributed by atoms with van der Waals surface area (Å²) >= 11 is 0. The largest absolute Gasteiger partial charge is 0.508 e. The van der Waals surface area contributed by atoms with Gasteiger partial charge in [0.15, 0.2) is 0 Å². The van der Waals surface area contributed by atoms with Crippen LogP contribution in [-0.4, -0.2) is 54.2 Å². The van der Waals surface area contributed by atoms with Gasteiger partial charge in [-0.25, -0.2) is 0 Å². The topological polar surface area (TPSA) is 96.3 Å². The van der Waals surface area contributed by atoms with E-state index >= 15 is 0 Å². The van der Waals surface area contributed by atoms with Crippen LogP contribution in [0.15, 0.2) is 48.0 Å². The van der Waals surface area contributed by atoms with Gasteiger partial charge >= 0.3 is 0 Å². The third kappa shape index (κ3) is 4.88. The van der Waals surface area contributed by atoms with Gasteiger partial charge in [0.2, 0.25) is 0 Å². The summed E-state index contributed by atoms with van der Waals surface area (Å²) in [5.74, 6) is -1.39. The first-order valence-electron chi connectivity index (χ1n) is 10.8. The maximum Gasteiger partial charge on any atom is 0.295 e. The summed E-state index contributed by atoms with van der Waals surface area (Å²) in [6.45, 7) is 6.80. The lowest BCUT2D eigenvalue weighted by atomic mass is 9.85. The van der Waals surface area contributed by atoms with E-state index in [1.165, 1.54) is 24.1 Å². The Kier molecular flexibility index (Phi) is 7.12. The highest BCUT2D eigenvalue weighted by Gasteiger charge is 2.46. The number of amides is 1. The molecule has 0 bridgehead atoms. The molecule has 0 aromatic heterocycles. The second kappa shape index (κ2) is 9.67. The van der Waals surface area contributed by atoms with E-state index in [1.807, 2.05) is 26.8 Å². The van der Waals surface area contributed by atoms with Gasteiger partial charge < -0.3 is 24.6 Å². The number of hydrogen-bond acceptors (Lipinski definition) is 6. The number of aliphatic hydroxyl groups is 1. The number of benzene rings is 2. The van der Waals surface area contributed by atoms with Gasteiger partial charge in [-0.2, -0.15) is 0 Å². The Morgan fingerprint density at radius 2 is 1.82 bits per heavy atom. The standard InChI is InChI=1S/C26H31NO6/c1-26(2,3)17-10-11-20(33-5)19(15-17)23(29)21-22(16-8-6-9-18(28)14-16)27(12-7-13-32-4)25(31)24(21)30/h6,8-11,14-15,22,28-29H,7,12-13H2,1-5H3/b23-21+. The van der Waals surface area contributed by atoms with Gasteiger partial charge in [-0.05, 0) is 47.2 Å². The van der Waals surface area contributed by atoms with Crippen LogP contribution in [0.4, 0.5) is 0 Å². The van der Waals surface area contributed by atoms with Crippen molar-refractivity contribution >= 4 is 17.4 Å². The summed E-state index contributed by atoms with van der Waals surface area (Å²) in [5, 5.41) is 21.5. The van der Waals surface area contributed by atoms with Crippen molar-refractivity contribution < 1.29 is 29.3 Å². The molecule has 0 spiro atoms. The molecule has 1 heterocycles. The Bertz CT molecular complexity index is 1080. The average Bonchev–Trinajstić information content (AvgIpc) is 3.02. The normalized spacial score (nSPS) is 18.1. The highest BCUT2D eigenvalue weighted by atomic mass is 16.5. The third-order valence-corrected chi connectivity index (χ3v) is 5.79. The Hall–Kier alpha value is -3.32. The predicted octanol–water partition coefficient (Wildman–Crippen LogP) is 4.16. The van der Waals surface area contributed by atoms with Gasteiger partial charge in [0, 0.05) is 20.3 Å². The molecule has 33 heavy (non-hydrogen) atoms. The number of phenols is 1. The molecule has 7 heteroatoms. The average molecular weight is 454 g/mol. The van der Waals surface area contributed by atoms with Crippen molar-refractivity contribution in [2.45, 2.75) is 38.6 Å². The van der Waals surface area contributed by atoms with Crippen LogP contribution in [0.1, 0.15) is 49.9 Å². The highest BCUT2D eigenvalue weighted by molar-refractivity contribution is 6.46. The van der Waals surface area contributed by atoms with E-state index in [0.29, 0.717) is 29.9 Å². The number of carbonyl (C=O) groups excluding carboxylic acids is 2. The van der Waals surface area contributed by atoms with Crippen molar-refractivity contribution in [1.82, 2.24) is 4.90 Å². The monoisotopic (exact) mass is 453 g/mol. The number of rotatable bonds is 7. The number of phenolic OH excluding ortho intramolecular Hbond substituents is 1. The molecule has 7 nitrogen and oxygen atoms in total. The summed E-state index contributed by atoms with van der Waals surface area (Å²) in [4.78, 5) is 27.6. The van der Waals surface area contributed by atoms with Crippen LogP contribution in [0.5, 0.6) is 11.5 Å². The molecule has 2 aromatic carbocycles. The summed E-state index contributed by atoms with van der Waals surface area (Å²) in [6, 6.07) is 10.9. The van der Waals surface area contributed by atoms with Crippen LogP contribution in [0.3, 0.4) is 0 Å². The number of hydrogen-bond donors (Lipinski definition) is 2. The number of carbonyl (C=O) groups is 2. The van der Waals surface area contributed by atoms with E-state index in [9.17, 15) is 19.8 Å². The molecule has 2 N–H and O–H groups in total. The maximum absolute atomic E-state index is 13.2. The SMILES string of the molecule is COCCCN1C(=O)C(=O)/C(=C(/O)c2cc(C(C)(C)C)ccc2OC)C1c1cccc(O)c1. The van der Waals surface area contributed by atoms with Gasteiger partial charge in [0.05, 0.1) is 24.3 Å². The van der Waals surface area contributed by atoms with Gasteiger partial charge in [0.1, 0.15) is 17.3 Å². The van der Waals surface area contributed by atoms with Crippen LogP contribution in [0.2, 0.25) is 0 Å². The molecule has 3 rings (SSSR count). The van der Waals surface area contributed by atoms with Gasteiger partial charge in [-0.3, -0.25) is 9.59 Å². The molecular weight excluding hydrogens is 422 g/mol.